The third-order valence-electron chi connectivity index (χ3n) is 4.35. The van der Waals surface area contributed by atoms with Gasteiger partial charge in [-0.3, -0.25) is 19.3 Å². The van der Waals surface area contributed by atoms with Gasteiger partial charge in [0.1, 0.15) is 5.75 Å². The number of hydrogen-bond donors (Lipinski definition) is 2. The second-order valence-electron chi connectivity index (χ2n) is 6.49. The van der Waals surface area contributed by atoms with E-state index >= 15 is 0 Å². The van der Waals surface area contributed by atoms with Gasteiger partial charge in [0.15, 0.2) is 5.78 Å². The third-order valence-corrected chi connectivity index (χ3v) is 4.35. The number of nitrogens with one attached hydrogen (secondary N) is 2. The standard InChI is InChI=1S/C21H25N3O4/c1-14(21(27)23-17-10-8-16(9-11-17)15(2)25)24(3)13-20(26)22-18-6-5-7-19(12-18)28-4/h5-12,14H,13H2,1-4H3,(H,22,26)(H,23,27). The zero-order valence-corrected chi connectivity index (χ0v) is 16.5. The molecule has 0 spiro atoms. The van der Waals surface area contributed by atoms with Gasteiger partial charge in [0.05, 0.1) is 19.7 Å². The first kappa shape index (κ1) is 21.1. The van der Waals surface area contributed by atoms with Crippen molar-refractivity contribution >= 4 is 29.0 Å². The topological polar surface area (TPSA) is 87.7 Å². The molecule has 0 bridgehead atoms. The van der Waals surface area contributed by atoms with Crippen molar-refractivity contribution < 1.29 is 19.1 Å². The molecule has 28 heavy (non-hydrogen) atoms. The smallest absolute Gasteiger partial charge is 0.241 e. The normalized spacial score (nSPS) is 11.6. The van der Waals surface area contributed by atoms with Gasteiger partial charge >= 0.3 is 0 Å². The van der Waals surface area contributed by atoms with Gasteiger partial charge in [-0.15, -0.1) is 0 Å². The number of anilines is 2. The van der Waals surface area contributed by atoms with Crippen molar-refractivity contribution in [3.63, 3.8) is 0 Å². The number of carbonyl (C=O) groups is 3. The summed E-state index contributed by atoms with van der Waals surface area (Å²) in [7, 11) is 3.26. The van der Waals surface area contributed by atoms with Crippen LogP contribution >= 0.6 is 0 Å². The largest absolute Gasteiger partial charge is 0.497 e. The molecule has 7 nitrogen and oxygen atoms in total. The molecule has 0 aliphatic heterocycles. The van der Waals surface area contributed by atoms with Crippen LogP contribution in [0.15, 0.2) is 48.5 Å². The summed E-state index contributed by atoms with van der Waals surface area (Å²) in [6.07, 6.45) is 0. The highest BCUT2D eigenvalue weighted by Crippen LogP contribution is 2.16. The Balaban J connectivity index is 1.89. The van der Waals surface area contributed by atoms with Crippen LogP contribution in [0.4, 0.5) is 11.4 Å². The maximum absolute atomic E-state index is 12.4. The highest BCUT2D eigenvalue weighted by atomic mass is 16.5. The van der Waals surface area contributed by atoms with Crippen molar-refractivity contribution in [1.82, 2.24) is 4.90 Å². The summed E-state index contributed by atoms with van der Waals surface area (Å²) in [6.45, 7) is 3.26. The van der Waals surface area contributed by atoms with E-state index in [1.165, 1.54) is 6.92 Å². The molecule has 2 rings (SSSR count). The summed E-state index contributed by atoms with van der Waals surface area (Å²) >= 11 is 0. The van der Waals surface area contributed by atoms with E-state index in [2.05, 4.69) is 10.6 Å². The average molecular weight is 383 g/mol. The molecule has 0 saturated carbocycles. The minimum absolute atomic E-state index is 0.0342. The second-order valence-corrected chi connectivity index (χ2v) is 6.49. The Morgan fingerprint density at radius 2 is 1.71 bits per heavy atom. The Morgan fingerprint density at radius 3 is 2.32 bits per heavy atom. The first-order chi connectivity index (χ1) is 13.3. The fourth-order valence-corrected chi connectivity index (χ4v) is 2.50. The molecule has 1 atom stereocenters. The molecule has 0 aliphatic rings. The van der Waals surface area contributed by atoms with Gasteiger partial charge in [-0.05, 0) is 57.3 Å². The molecule has 0 aliphatic carbocycles. The van der Waals surface area contributed by atoms with Gasteiger partial charge in [-0.2, -0.15) is 0 Å². The Bertz CT molecular complexity index is 849. The Hall–Kier alpha value is -3.19. The number of likely N-dealkylation sites (N-methyl/N-ethyl adjacent to an activating group) is 1. The van der Waals surface area contributed by atoms with Crippen LogP contribution in [0.2, 0.25) is 0 Å². The lowest BCUT2D eigenvalue weighted by Gasteiger charge is -2.23. The molecule has 148 valence electrons. The zero-order valence-electron chi connectivity index (χ0n) is 16.5. The number of Topliss-reactive ketones (excluding diaryl/α,β-unsaturated/α-hetero) is 1. The average Bonchev–Trinajstić information content (AvgIpc) is 2.67. The minimum atomic E-state index is -0.524. The maximum Gasteiger partial charge on any atom is 0.241 e. The fourth-order valence-electron chi connectivity index (χ4n) is 2.50. The number of methoxy groups -OCH3 is 1. The lowest BCUT2D eigenvalue weighted by molar-refractivity contribution is -0.122. The highest BCUT2D eigenvalue weighted by Gasteiger charge is 2.20. The highest BCUT2D eigenvalue weighted by molar-refractivity contribution is 5.97. The van der Waals surface area contributed by atoms with Crippen LogP contribution in [0.25, 0.3) is 0 Å². The van der Waals surface area contributed by atoms with E-state index in [1.807, 2.05) is 0 Å². The number of ether oxygens (including phenoxy) is 1. The van der Waals surface area contributed by atoms with Crippen molar-refractivity contribution in [3.05, 3.63) is 54.1 Å². The quantitative estimate of drug-likeness (QED) is 0.685. The number of nitrogens with zero attached hydrogens (tertiary/aromatic N) is 1. The van der Waals surface area contributed by atoms with Crippen LogP contribution in [-0.4, -0.2) is 49.2 Å². The monoisotopic (exact) mass is 383 g/mol. The molecule has 0 radical (unpaired) electrons. The number of amides is 2. The summed E-state index contributed by atoms with van der Waals surface area (Å²) in [4.78, 5) is 37.6. The summed E-state index contributed by atoms with van der Waals surface area (Å²) in [5.41, 5.74) is 1.80. The van der Waals surface area contributed by atoms with Crippen LogP contribution in [0.3, 0.4) is 0 Å². The second kappa shape index (κ2) is 9.66. The van der Waals surface area contributed by atoms with Crippen molar-refractivity contribution in [2.24, 2.45) is 0 Å². The van der Waals surface area contributed by atoms with E-state index in [0.29, 0.717) is 22.7 Å². The summed E-state index contributed by atoms with van der Waals surface area (Å²) < 4.78 is 5.13. The molecule has 0 fully saturated rings. The molecule has 2 aromatic carbocycles. The van der Waals surface area contributed by atoms with E-state index in [1.54, 1.807) is 74.5 Å². The zero-order chi connectivity index (χ0) is 20.7. The molecule has 0 saturated heterocycles. The fraction of sp³-hybridized carbons (Fsp3) is 0.286. The van der Waals surface area contributed by atoms with Crippen molar-refractivity contribution in [1.29, 1.82) is 0 Å². The van der Waals surface area contributed by atoms with E-state index in [-0.39, 0.29) is 24.1 Å². The first-order valence-corrected chi connectivity index (χ1v) is 8.86. The molecule has 0 heterocycles. The summed E-state index contributed by atoms with van der Waals surface area (Å²) in [5, 5.41) is 5.57. The Morgan fingerprint density at radius 1 is 1.04 bits per heavy atom. The number of hydrogen-bond acceptors (Lipinski definition) is 5. The van der Waals surface area contributed by atoms with E-state index in [0.717, 1.165) is 0 Å². The summed E-state index contributed by atoms with van der Waals surface area (Å²) in [5.74, 6) is 0.135. The number of rotatable bonds is 8. The Labute approximate surface area is 164 Å². The molecule has 7 heteroatoms. The van der Waals surface area contributed by atoms with Gasteiger partial charge in [0.25, 0.3) is 0 Å². The van der Waals surface area contributed by atoms with Crippen molar-refractivity contribution in [2.45, 2.75) is 19.9 Å². The molecule has 0 aromatic heterocycles. The predicted octanol–water partition coefficient (Wildman–Crippen LogP) is 2.80. The molecule has 2 N–H and O–H groups in total. The molecular formula is C21H25N3O4. The lowest BCUT2D eigenvalue weighted by Crippen LogP contribution is -2.43. The van der Waals surface area contributed by atoms with Gasteiger partial charge in [-0.1, -0.05) is 6.07 Å². The van der Waals surface area contributed by atoms with E-state index in [9.17, 15) is 14.4 Å². The van der Waals surface area contributed by atoms with Crippen molar-refractivity contribution in [2.75, 3.05) is 31.3 Å². The van der Waals surface area contributed by atoms with E-state index in [4.69, 9.17) is 4.74 Å². The molecule has 1 unspecified atom stereocenters. The van der Waals surface area contributed by atoms with Crippen molar-refractivity contribution in [3.8, 4) is 5.75 Å². The maximum atomic E-state index is 12.4. The predicted molar refractivity (Wildman–Crippen MR) is 109 cm³/mol. The van der Waals surface area contributed by atoms with Crippen LogP contribution in [0.5, 0.6) is 5.75 Å². The van der Waals surface area contributed by atoms with Crippen LogP contribution < -0.4 is 15.4 Å². The molecule has 2 aromatic rings. The van der Waals surface area contributed by atoms with E-state index < -0.39 is 6.04 Å². The summed E-state index contributed by atoms with van der Waals surface area (Å²) in [6, 6.07) is 13.2. The molecular weight excluding hydrogens is 358 g/mol. The van der Waals surface area contributed by atoms with Crippen LogP contribution in [0, 0.1) is 0 Å². The number of benzene rings is 2. The minimum Gasteiger partial charge on any atom is -0.497 e. The van der Waals surface area contributed by atoms with Crippen LogP contribution in [-0.2, 0) is 9.59 Å². The van der Waals surface area contributed by atoms with Gasteiger partial charge in [0.2, 0.25) is 11.8 Å². The SMILES string of the molecule is COc1cccc(NC(=O)CN(C)C(C)C(=O)Nc2ccc(C(C)=O)cc2)c1. The number of ketones is 1. The molecule has 2 amide bonds. The number of carbonyl (C=O) groups excluding carboxylic acids is 3. The third kappa shape index (κ3) is 5.92. The van der Waals surface area contributed by atoms with Gasteiger partial charge < -0.3 is 15.4 Å². The van der Waals surface area contributed by atoms with Gasteiger partial charge in [-0.25, -0.2) is 0 Å². The Kier molecular flexibility index (Phi) is 7.28. The first-order valence-electron chi connectivity index (χ1n) is 8.86. The lowest BCUT2D eigenvalue weighted by atomic mass is 10.1. The van der Waals surface area contributed by atoms with Crippen LogP contribution in [0.1, 0.15) is 24.2 Å². The van der Waals surface area contributed by atoms with Gasteiger partial charge in [0, 0.05) is 23.0 Å².